The molecule has 0 heterocycles. The lowest BCUT2D eigenvalue weighted by Crippen LogP contribution is -2.29. The van der Waals surface area contributed by atoms with Crippen LogP contribution in [0.5, 0.6) is 0 Å². The van der Waals surface area contributed by atoms with Crippen molar-refractivity contribution in [3.05, 3.63) is 0 Å². The smallest absolute Gasteiger partial charge is 0.0621 e. The van der Waals surface area contributed by atoms with Crippen molar-refractivity contribution in [2.45, 2.75) is 51.6 Å². The van der Waals surface area contributed by atoms with Crippen molar-refractivity contribution in [2.24, 2.45) is 11.3 Å². The zero-order valence-electron chi connectivity index (χ0n) is 7.34. The molecule has 2 fully saturated rings. The van der Waals surface area contributed by atoms with Gasteiger partial charge in [0.2, 0.25) is 0 Å². The molecule has 0 saturated heterocycles. The molecular weight excluding hydrogens is 136 g/mol. The lowest BCUT2D eigenvalue weighted by Gasteiger charge is -2.28. The molecule has 0 radical (unpaired) electrons. The predicted octanol–water partition coefficient (Wildman–Crippen LogP) is 2.34. The van der Waals surface area contributed by atoms with Gasteiger partial charge in [-0.15, -0.1) is 0 Å². The minimum atomic E-state index is 0.0185. The van der Waals surface area contributed by atoms with Crippen LogP contribution in [0, 0.1) is 11.3 Å². The van der Waals surface area contributed by atoms with Gasteiger partial charge in [0.1, 0.15) is 0 Å². The van der Waals surface area contributed by atoms with Crippen molar-refractivity contribution < 1.29 is 5.11 Å². The highest BCUT2D eigenvalue weighted by atomic mass is 16.3. The van der Waals surface area contributed by atoms with Crippen LogP contribution in [-0.4, -0.2) is 11.2 Å². The summed E-state index contributed by atoms with van der Waals surface area (Å²) in [6.07, 6.45) is 7.84. The van der Waals surface area contributed by atoms with E-state index in [1.807, 2.05) is 0 Å². The minimum absolute atomic E-state index is 0.0185. The van der Waals surface area contributed by atoms with Crippen LogP contribution in [0.15, 0.2) is 0 Å². The summed E-state index contributed by atoms with van der Waals surface area (Å²) in [6, 6.07) is 0. The second-order valence-electron chi connectivity index (χ2n) is 4.53. The van der Waals surface area contributed by atoms with Gasteiger partial charge in [-0.3, -0.25) is 0 Å². The van der Waals surface area contributed by atoms with Gasteiger partial charge in [0, 0.05) is 0 Å². The Labute approximate surface area is 68.8 Å². The van der Waals surface area contributed by atoms with E-state index in [4.69, 9.17) is 0 Å². The summed E-state index contributed by atoms with van der Waals surface area (Å²) in [5.74, 6) is 0.563. The van der Waals surface area contributed by atoms with Crippen LogP contribution >= 0.6 is 0 Å². The van der Waals surface area contributed by atoms with Crippen LogP contribution < -0.4 is 0 Å². The summed E-state index contributed by atoms with van der Waals surface area (Å²) in [4.78, 5) is 0. The first-order valence-corrected chi connectivity index (χ1v) is 4.93. The van der Waals surface area contributed by atoms with Gasteiger partial charge in [-0.1, -0.05) is 19.8 Å². The van der Waals surface area contributed by atoms with Crippen molar-refractivity contribution in [1.82, 2.24) is 0 Å². The van der Waals surface area contributed by atoms with Crippen LogP contribution in [0.3, 0.4) is 0 Å². The molecule has 0 aromatic rings. The topological polar surface area (TPSA) is 20.2 Å². The van der Waals surface area contributed by atoms with E-state index in [2.05, 4.69) is 6.92 Å². The number of hydrogen-bond donors (Lipinski definition) is 1. The fourth-order valence-electron chi connectivity index (χ4n) is 3.05. The van der Waals surface area contributed by atoms with Gasteiger partial charge in [-0.2, -0.15) is 0 Å². The largest absolute Gasteiger partial charge is 0.392 e. The van der Waals surface area contributed by atoms with Gasteiger partial charge in [-0.05, 0) is 37.0 Å². The summed E-state index contributed by atoms with van der Waals surface area (Å²) in [5, 5.41) is 9.95. The molecule has 1 N–H and O–H groups in total. The van der Waals surface area contributed by atoms with Gasteiger partial charge < -0.3 is 5.11 Å². The van der Waals surface area contributed by atoms with E-state index >= 15 is 0 Å². The third-order valence-corrected chi connectivity index (χ3v) is 3.86. The average Bonchev–Trinajstić information content (AvgIpc) is 2.56. The lowest BCUT2D eigenvalue weighted by molar-refractivity contribution is 0.0325. The molecular formula is C10H18O. The molecule has 2 saturated carbocycles. The van der Waals surface area contributed by atoms with E-state index in [1.165, 1.54) is 38.5 Å². The molecule has 1 heteroatoms. The molecule has 0 bridgehead atoms. The molecule has 64 valence electrons. The summed E-state index contributed by atoms with van der Waals surface area (Å²) < 4.78 is 0. The van der Waals surface area contributed by atoms with E-state index in [9.17, 15) is 5.11 Å². The fourth-order valence-corrected chi connectivity index (χ4v) is 3.05. The molecule has 1 nitrogen and oxygen atoms in total. The Morgan fingerprint density at radius 1 is 1.18 bits per heavy atom. The van der Waals surface area contributed by atoms with E-state index < -0.39 is 0 Å². The minimum Gasteiger partial charge on any atom is -0.392 e. The normalized spacial score (nSPS) is 42.0. The summed E-state index contributed by atoms with van der Waals surface area (Å²) in [6.45, 7) is 2.19. The van der Waals surface area contributed by atoms with Crippen LogP contribution in [0.1, 0.15) is 45.4 Å². The van der Waals surface area contributed by atoms with Crippen LogP contribution in [0.4, 0.5) is 0 Å². The number of hydrogen-bond acceptors (Lipinski definition) is 1. The fraction of sp³-hybridized carbons (Fsp3) is 1.00. The van der Waals surface area contributed by atoms with Crippen molar-refractivity contribution in [3.63, 3.8) is 0 Å². The quantitative estimate of drug-likeness (QED) is 0.568. The summed E-state index contributed by atoms with van der Waals surface area (Å²) >= 11 is 0. The van der Waals surface area contributed by atoms with Crippen molar-refractivity contribution in [3.8, 4) is 0 Å². The maximum atomic E-state index is 9.95. The Morgan fingerprint density at radius 3 is 2.27 bits per heavy atom. The summed E-state index contributed by atoms with van der Waals surface area (Å²) in [7, 11) is 0. The SMILES string of the molecule is C[C@H]1CCC2(CCCC2)[C@@H]1O. The van der Waals surface area contributed by atoms with Gasteiger partial charge in [0.05, 0.1) is 6.10 Å². The highest BCUT2D eigenvalue weighted by Gasteiger charge is 2.46. The van der Waals surface area contributed by atoms with E-state index in [1.54, 1.807) is 0 Å². The molecule has 0 aromatic carbocycles. The van der Waals surface area contributed by atoms with Gasteiger partial charge in [-0.25, -0.2) is 0 Å². The van der Waals surface area contributed by atoms with Crippen LogP contribution in [-0.2, 0) is 0 Å². The molecule has 2 rings (SSSR count). The molecule has 11 heavy (non-hydrogen) atoms. The Morgan fingerprint density at radius 2 is 1.82 bits per heavy atom. The number of aliphatic hydroxyl groups excluding tert-OH is 1. The van der Waals surface area contributed by atoms with Crippen molar-refractivity contribution in [1.29, 1.82) is 0 Å². The molecule has 0 aromatic heterocycles. The molecule has 0 amide bonds. The average molecular weight is 154 g/mol. The van der Waals surface area contributed by atoms with E-state index in [0.717, 1.165) is 0 Å². The van der Waals surface area contributed by atoms with Gasteiger partial charge >= 0.3 is 0 Å². The van der Waals surface area contributed by atoms with Crippen molar-refractivity contribution >= 4 is 0 Å². The molecule has 2 aliphatic carbocycles. The first-order chi connectivity index (χ1) is 5.25. The Hall–Kier alpha value is -0.0400. The van der Waals surface area contributed by atoms with Gasteiger partial charge in [0.15, 0.2) is 0 Å². The standard InChI is InChI=1S/C10H18O/c1-8-4-7-10(9(8)11)5-2-3-6-10/h8-9,11H,2-7H2,1H3/t8-,9+/m0/s1. The first-order valence-electron chi connectivity index (χ1n) is 4.93. The monoisotopic (exact) mass is 154 g/mol. The zero-order chi connectivity index (χ0) is 7.90. The van der Waals surface area contributed by atoms with Crippen LogP contribution in [0.25, 0.3) is 0 Å². The highest BCUT2D eigenvalue weighted by molar-refractivity contribution is 4.97. The second kappa shape index (κ2) is 2.48. The lowest BCUT2D eigenvalue weighted by atomic mass is 9.81. The molecule has 2 atom stereocenters. The Kier molecular flexibility index (Phi) is 1.71. The number of aliphatic hydroxyl groups is 1. The predicted molar refractivity (Wildman–Crippen MR) is 45.3 cm³/mol. The Bertz CT molecular complexity index is 147. The molecule has 1 spiro atoms. The maximum absolute atomic E-state index is 9.95. The zero-order valence-corrected chi connectivity index (χ0v) is 7.34. The third kappa shape index (κ3) is 1.01. The third-order valence-electron chi connectivity index (χ3n) is 3.86. The maximum Gasteiger partial charge on any atom is 0.0621 e. The Balaban J connectivity index is 2.13. The van der Waals surface area contributed by atoms with E-state index in [0.29, 0.717) is 11.3 Å². The van der Waals surface area contributed by atoms with Crippen molar-refractivity contribution in [2.75, 3.05) is 0 Å². The molecule has 0 aliphatic heterocycles. The van der Waals surface area contributed by atoms with Gasteiger partial charge in [0.25, 0.3) is 0 Å². The number of rotatable bonds is 0. The second-order valence-corrected chi connectivity index (χ2v) is 4.53. The van der Waals surface area contributed by atoms with E-state index in [-0.39, 0.29) is 6.10 Å². The first kappa shape index (κ1) is 7.60. The van der Waals surface area contributed by atoms with Crippen LogP contribution in [0.2, 0.25) is 0 Å². The highest BCUT2D eigenvalue weighted by Crippen LogP contribution is 2.52. The molecule has 2 aliphatic rings. The molecule has 0 unspecified atom stereocenters. The summed E-state index contributed by atoms with van der Waals surface area (Å²) in [5.41, 5.74) is 0.374.